The molecule has 2 aliphatic rings. The predicted octanol–water partition coefficient (Wildman–Crippen LogP) is 4.70. The molecule has 1 fully saturated rings. The fourth-order valence-electron chi connectivity index (χ4n) is 5.32. The summed E-state index contributed by atoms with van der Waals surface area (Å²) in [7, 11) is 0. The van der Waals surface area contributed by atoms with Gasteiger partial charge in [0.25, 0.3) is 0 Å². The molecule has 246 valence electrons. The summed E-state index contributed by atoms with van der Waals surface area (Å²) in [6.45, 7) is 3.54. The molecule has 2 unspecified atom stereocenters. The second-order valence-electron chi connectivity index (χ2n) is 10.7. The van der Waals surface area contributed by atoms with Crippen molar-refractivity contribution in [2.45, 2.75) is 57.1 Å². The topological polar surface area (TPSA) is 133 Å². The van der Waals surface area contributed by atoms with E-state index in [-0.39, 0.29) is 37.4 Å². The second kappa shape index (κ2) is 16.1. The molecule has 3 aromatic carbocycles. The lowest BCUT2D eigenvalue weighted by molar-refractivity contribution is -0.184. The maximum absolute atomic E-state index is 13.5. The van der Waals surface area contributed by atoms with Crippen LogP contribution in [0.3, 0.4) is 0 Å². The predicted molar refractivity (Wildman–Crippen MR) is 166 cm³/mol. The van der Waals surface area contributed by atoms with Crippen molar-refractivity contribution in [1.82, 2.24) is 0 Å². The third kappa shape index (κ3) is 8.50. The molecule has 0 aliphatic carbocycles. The van der Waals surface area contributed by atoms with Crippen molar-refractivity contribution in [2.24, 2.45) is 0 Å². The minimum atomic E-state index is -1.22. The highest BCUT2D eigenvalue weighted by atomic mass is 16.7. The fraction of sp³-hybridized carbons (Fsp3) is 0.333. The van der Waals surface area contributed by atoms with Crippen LogP contribution >= 0.6 is 0 Å². The number of benzene rings is 3. The summed E-state index contributed by atoms with van der Waals surface area (Å²) < 4.78 is 40.8. The molecule has 5 rings (SSSR count). The summed E-state index contributed by atoms with van der Waals surface area (Å²) >= 11 is 0. The normalized spacial score (nSPS) is 23.7. The fourth-order valence-corrected chi connectivity index (χ4v) is 5.32. The zero-order valence-electron chi connectivity index (χ0n) is 26.0. The van der Waals surface area contributed by atoms with E-state index in [9.17, 15) is 19.2 Å². The molecule has 0 N–H and O–H groups in total. The molecule has 0 spiro atoms. The van der Waals surface area contributed by atoms with Crippen molar-refractivity contribution in [2.75, 3.05) is 19.8 Å². The van der Waals surface area contributed by atoms with Crippen LogP contribution in [0.4, 0.5) is 0 Å². The lowest BCUT2D eigenvalue weighted by atomic mass is 9.94. The third-order valence-corrected chi connectivity index (χ3v) is 7.52. The summed E-state index contributed by atoms with van der Waals surface area (Å²) in [6.07, 6.45) is -4.87. The van der Waals surface area contributed by atoms with E-state index >= 15 is 0 Å². The molecule has 3 aromatic rings. The van der Waals surface area contributed by atoms with E-state index in [4.69, 9.17) is 33.2 Å². The molecule has 2 aliphatic heterocycles. The summed E-state index contributed by atoms with van der Waals surface area (Å²) in [5.74, 6) is -2.60. The Morgan fingerprint density at radius 1 is 0.660 bits per heavy atom. The monoisotopic (exact) mass is 644 g/mol. The van der Waals surface area contributed by atoms with Crippen molar-refractivity contribution < 1.29 is 52.3 Å². The van der Waals surface area contributed by atoms with E-state index in [2.05, 4.69) is 0 Å². The Morgan fingerprint density at radius 3 is 1.72 bits per heavy atom. The van der Waals surface area contributed by atoms with Gasteiger partial charge in [-0.1, -0.05) is 54.6 Å². The van der Waals surface area contributed by atoms with Crippen LogP contribution in [0.2, 0.25) is 0 Å². The average Bonchev–Trinajstić information content (AvgIpc) is 3.44. The van der Waals surface area contributed by atoms with Crippen molar-refractivity contribution in [3.63, 3.8) is 0 Å². The maximum Gasteiger partial charge on any atom is 0.338 e. The van der Waals surface area contributed by atoms with Gasteiger partial charge in [-0.05, 0) is 61.9 Å². The largest absolute Gasteiger partial charge is 0.464 e. The van der Waals surface area contributed by atoms with Crippen LogP contribution in [0, 0.1) is 0 Å². The van der Waals surface area contributed by atoms with Gasteiger partial charge in [-0.25, -0.2) is 19.2 Å². The van der Waals surface area contributed by atoms with Crippen molar-refractivity contribution in [3.8, 4) is 0 Å². The summed E-state index contributed by atoms with van der Waals surface area (Å²) in [4.78, 5) is 52.6. The molecule has 11 heteroatoms. The van der Waals surface area contributed by atoms with Gasteiger partial charge in [-0.15, -0.1) is 0 Å². The minimum absolute atomic E-state index is 0.0162. The van der Waals surface area contributed by atoms with Crippen molar-refractivity contribution in [1.29, 1.82) is 0 Å². The number of ether oxygens (including phenoxy) is 7. The molecule has 6 atom stereocenters. The molecule has 0 amide bonds. The molecule has 11 nitrogen and oxygen atoms in total. The van der Waals surface area contributed by atoms with Gasteiger partial charge in [0.1, 0.15) is 18.8 Å². The SMILES string of the molecule is CCOC(=O)C1CC([C@@H]2O[C@H](COC(=O)c3ccccc3)[C@@H](OC(=O)c3ccccc3)[C@H]2OC(=O)c2ccccc2)=CC(OCC)O1. The molecule has 47 heavy (non-hydrogen) atoms. The van der Waals surface area contributed by atoms with Crippen LogP contribution < -0.4 is 0 Å². The van der Waals surface area contributed by atoms with Gasteiger partial charge in [0, 0.05) is 13.0 Å². The second-order valence-corrected chi connectivity index (χ2v) is 10.7. The standard InChI is InChI=1S/C36H36O11/c1-3-41-29-21-26(20-27(44-29)36(40)42-4-2)30-32(47-35(39)25-18-12-7-13-19-25)31(46-34(38)24-16-10-6-11-17-24)28(45-30)22-43-33(37)23-14-8-5-9-15-23/h5-19,21,27-32H,3-4,20,22H2,1-2H3/t27?,28-,29?,30+,31-,32+/m1/s1. The molecule has 0 radical (unpaired) electrons. The molecule has 0 saturated carbocycles. The van der Waals surface area contributed by atoms with E-state index in [1.165, 1.54) is 0 Å². The average molecular weight is 645 g/mol. The molecular weight excluding hydrogens is 608 g/mol. The minimum Gasteiger partial charge on any atom is -0.464 e. The number of esters is 4. The van der Waals surface area contributed by atoms with E-state index in [1.807, 2.05) is 0 Å². The van der Waals surface area contributed by atoms with E-state index in [0.29, 0.717) is 11.1 Å². The van der Waals surface area contributed by atoms with Gasteiger partial charge in [-0.3, -0.25) is 0 Å². The molecule has 0 aromatic heterocycles. The first-order chi connectivity index (χ1) is 22.9. The zero-order valence-corrected chi connectivity index (χ0v) is 26.0. The van der Waals surface area contributed by atoms with Gasteiger partial charge >= 0.3 is 23.9 Å². The van der Waals surface area contributed by atoms with Gasteiger partial charge in [0.15, 0.2) is 24.6 Å². The van der Waals surface area contributed by atoms with E-state index in [1.54, 1.807) is 111 Å². The zero-order chi connectivity index (χ0) is 33.2. The first-order valence-corrected chi connectivity index (χ1v) is 15.4. The van der Waals surface area contributed by atoms with Gasteiger partial charge in [0.05, 0.1) is 23.3 Å². The van der Waals surface area contributed by atoms with E-state index < -0.39 is 60.7 Å². The Labute approximate surface area is 272 Å². The highest BCUT2D eigenvalue weighted by molar-refractivity contribution is 5.91. The first-order valence-electron chi connectivity index (χ1n) is 15.4. The Morgan fingerprint density at radius 2 is 1.19 bits per heavy atom. The van der Waals surface area contributed by atoms with Crippen molar-refractivity contribution in [3.05, 3.63) is 119 Å². The first kappa shape index (κ1) is 33.5. The Hall–Kier alpha value is -4.84. The van der Waals surface area contributed by atoms with Crippen LogP contribution in [-0.4, -0.2) is 80.5 Å². The van der Waals surface area contributed by atoms with Crippen molar-refractivity contribution >= 4 is 23.9 Å². The van der Waals surface area contributed by atoms with E-state index in [0.717, 1.165) is 0 Å². The van der Waals surface area contributed by atoms with Crippen LogP contribution in [0.15, 0.2) is 103 Å². The number of rotatable bonds is 12. The highest BCUT2D eigenvalue weighted by Gasteiger charge is 2.52. The summed E-state index contributed by atoms with van der Waals surface area (Å²) in [5.41, 5.74) is 1.33. The summed E-state index contributed by atoms with van der Waals surface area (Å²) in [5, 5.41) is 0. The number of carbonyl (C=O) groups excluding carboxylic acids is 4. The molecular formula is C36H36O11. The highest BCUT2D eigenvalue weighted by Crippen LogP contribution is 2.37. The number of hydrogen-bond acceptors (Lipinski definition) is 11. The van der Waals surface area contributed by atoms with Gasteiger partial charge in [0.2, 0.25) is 0 Å². The lowest BCUT2D eigenvalue weighted by Crippen LogP contribution is -2.44. The Bertz CT molecular complexity index is 1540. The van der Waals surface area contributed by atoms with Crippen LogP contribution in [-0.2, 0) is 38.0 Å². The van der Waals surface area contributed by atoms with Crippen LogP contribution in [0.25, 0.3) is 0 Å². The third-order valence-electron chi connectivity index (χ3n) is 7.52. The Kier molecular flexibility index (Phi) is 11.5. The Balaban J connectivity index is 1.50. The quantitative estimate of drug-likeness (QED) is 0.154. The number of carbonyl (C=O) groups is 4. The van der Waals surface area contributed by atoms with Gasteiger partial charge in [-0.2, -0.15) is 0 Å². The molecule has 0 bridgehead atoms. The van der Waals surface area contributed by atoms with Crippen LogP contribution in [0.1, 0.15) is 51.3 Å². The smallest absolute Gasteiger partial charge is 0.338 e. The molecule has 1 saturated heterocycles. The molecule has 2 heterocycles. The van der Waals surface area contributed by atoms with Gasteiger partial charge < -0.3 is 33.2 Å². The number of hydrogen-bond donors (Lipinski definition) is 0. The van der Waals surface area contributed by atoms with Crippen LogP contribution in [0.5, 0.6) is 0 Å². The maximum atomic E-state index is 13.5. The summed E-state index contributed by atoms with van der Waals surface area (Å²) in [6, 6.07) is 25.0. The lowest BCUT2D eigenvalue weighted by Gasteiger charge is -2.32.